The number of carbonyl (C=O) groups is 1. The van der Waals surface area contributed by atoms with E-state index in [-0.39, 0.29) is 12.3 Å². The zero-order chi connectivity index (χ0) is 18.4. The van der Waals surface area contributed by atoms with Gasteiger partial charge in [-0.1, -0.05) is 12.1 Å². The van der Waals surface area contributed by atoms with E-state index in [1.54, 1.807) is 7.11 Å². The molecule has 1 N–H and O–H groups in total. The lowest BCUT2D eigenvalue weighted by molar-refractivity contribution is -0.120. The molecule has 1 saturated heterocycles. The third-order valence-electron chi connectivity index (χ3n) is 3.87. The van der Waals surface area contributed by atoms with Gasteiger partial charge in [-0.25, -0.2) is 5.43 Å². The Hall–Kier alpha value is -2.32. The number of hydrazone groups is 1. The van der Waals surface area contributed by atoms with Crippen molar-refractivity contribution in [3.8, 4) is 5.75 Å². The first-order valence-electron chi connectivity index (χ1n) is 8.22. The lowest BCUT2D eigenvalue weighted by Crippen LogP contribution is -2.36. The van der Waals surface area contributed by atoms with Gasteiger partial charge < -0.3 is 18.8 Å². The van der Waals surface area contributed by atoms with E-state index in [1.165, 1.54) is 6.21 Å². The van der Waals surface area contributed by atoms with Crippen LogP contribution >= 0.6 is 15.9 Å². The fourth-order valence-corrected chi connectivity index (χ4v) is 3.15. The number of rotatable bonds is 6. The Morgan fingerprint density at radius 1 is 1.38 bits per heavy atom. The Bertz CT molecular complexity index is 784. The first kappa shape index (κ1) is 18.5. The molecule has 2 heterocycles. The maximum Gasteiger partial charge on any atom is 0.244 e. The first-order valence-corrected chi connectivity index (χ1v) is 9.02. The second-order valence-corrected chi connectivity index (χ2v) is 6.58. The van der Waals surface area contributed by atoms with Gasteiger partial charge in [0.15, 0.2) is 5.76 Å². The zero-order valence-corrected chi connectivity index (χ0v) is 16.0. The number of halogens is 1. The SMILES string of the molecule is COc1cccc(CC(=O)N/N=C/c2cc(Br)c(N3CCOCC3)o2)c1. The molecule has 3 rings (SSSR count). The summed E-state index contributed by atoms with van der Waals surface area (Å²) in [6.45, 7) is 2.91. The van der Waals surface area contributed by atoms with Crippen molar-refractivity contribution in [1.82, 2.24) is 5.43 Å². The minimum absolute atomic E-state index is 0.214. The Labute approximate surface area is 160 Å². The third-order valence-corrected chi connectivity index (χ3v) is 4.43. The molecule has 1 aromatic carbocycles. The minimum Gasteiger partial charge on any atom is -0.497 e. The van der Waals surface area contributed by atoms with Gasteiger partial charge in [0.1, 0.15) is 5.75 Å². The molecule has 8 heteroatoms. The van der Waals surface area contributed by atoms with Crippen LogP contribution < -0.4 is 15.1 Å². The largest absolute Gasteiger partial charge is 0.497 e. The number of morpholine rings is 1. The standard InChI is InChI=1S/C18H20BrN3O4/c1-24-14-4-2-3-13(9-14)10-17(23)21-20-12-15-11-16(19)18(26-15)22-5-7-25-8-6-22/h2-4,9,11-12H,5-8,10H2,1H3,(H,21,23)/b20-12+. The number of benzene rings is 1. The summed E-state index contributed by atoms with van der Waals surface area (Å²) in [6, 6.07) is 9.19. The highest BCUT2D eigenvalue weighted by Crippen LogP contribution is 2.30. The van der Waals surface area contributed by atoms with E-state index in [4.69, 9.17) is 13.9 Å². The molecule has 1 amide bonds. The van der Waals surface area contributed by atoms with Gasteiger partial charge >= 0.3 is 0 Å². The van der Waals surface area contributed by atoms with E-state index in [9.17, 15) is 4.79 Å². The van der Waals surface area contributed by atoms with Crippen molar-refractivity contribution in [3.05, 3.63) is 46.1 Å². The number of nitrogens with zero attached hydrogens (tertiary/aromatic N) is 2. The third kappa shape index (κ3) is 4.86. The normalized spacial score (nSPS) is 14.6. The van der Waals surface area contributed by atoms with Crippen molar-refractivity contribution < 1.29 is 18.7 Å². The van der Waals surface area contributed by atoms with E-state index in [0.29, 0.717) is 19.0 Å². The van der Waals surface area contributed by atoms with Crippen LogP contribution in [-0.4, -0.2) is 45.5 Å². The van der Waals surface area contributed by atoms with E-state index < -0.39 is 0 Å². The summed E-state index contributed by atoms with van der Waals surface area (Å²) in [6.07, 6.45) is 1.70. The number of ether oxygens (including phenoxy) is 2. The minimum atomic E-state index is -0.214. The van der Waals surface area contributed by atoms with Crippen LogP contribution in [0.3, 0.4) is 0 Å². The summed E-state index contributed by atoms with van der Waals surface area (Å²) in [5, 5.41) is 3.97. The molecule has 0 spiro atoms. The summed E-state index contributed by atoms with van der Waals surface area (Å²) in [5.41, 5.74) is 3.36. The van der Waals surface area contributed by atoms with Gasteiger partial charge in [0, 0.05) is 19.2 Å². The van der Waals surface area contributed by atoms with Crippen LogP contribution in [0.5, 0.6) is 5.75 Å². The average molecular weight is 422 g/mol. The molecule has 1 aliphatic rings. The number of amides is 1. The quantitative estimate of drug-likeness (QED) is 0.572. The van der Waals surface area contributed by atoms with Crippen LogP contribution in [0.4, 0.5) is 5.88 Å². The molecule has 0 atom stereocenters. The van der Waals surface area contributed by atoms with E-state index in [1.807, 2.05) is 30.3 Å². The molecule has 0 bridgehead atoms. The lowest BCUT2D eigenvalue weighted by atomic mass is 10.1. The number of methoxy groups -OCH3 is 1. The van der Waals surface area contributed by atoms with Crippen molar-refractivity contribution >= 4 is 33.9 Å². The molecule has 1 fully saturated rings. The van der Waals surface area contributed by atoms with Gasteiger partial charge in [-0.2, -0.15) is 5.10 Å². The van der Waals surface area contributed by atoms with E-state index in [2.05, 4.69) is 31.4 Å². The molecular formula is C18H20BrN3O4. The number of furan rings is 1. The summed E-state index contributed by atoms with van der Waals surface area (Å²) in [4.78, 5) is 14.1. The highest BCUT2D eigenvalue weighted by Gasteiger charge is 2.18. The Kier molecular flexibility index (Phi) is 6.30. The number of anilines is 1. The summed E-state index contributed by atoms with van der Waals surface area (Å²) in [7, 11) is 1.59. The lowest BCUT2D eigenvalue weighted by Gasteiger charge is -2.26. The predicted molar refractivity (Wildman–Crippen MR) is 102 cm³/mol. The van der Waals surface area contributed by atoms with Crippen molar-refractivity contribution in [2.24, 2.45) is 5.10 Å². The molecule has 26 heavy (non-hydrogen) atoms. The fourth-order valence-electron chi connectivity index (χ4n) is 2.60. The van der Waals surface area contributed by atoms with Crippen molar-refractivity contribution in [2.75, 3.05) is 38.3 Å². The van der Waals surface area contributed by atoms with Gasteiger partial charge in [0.05, 0.1) is 37.4 Å². The molecule has 0 unspecified atom stereocenters. The predicted octanol–water partition coefficient (Wildman–Crippen LogP) is 2.58. The maximum absolute atomic E-state index is 12.0. The maximum atomic E-state index is 12.0. The van der Waals surface area contributed by atoms with Gasteiger partial charge in [0.2, 0.25) is 11.8 Å². The van der Waals surface area contributed by atoms with Gasteiger partial charge in [0.25, 0.3) is 0 Å². The number of hydrogen-bond donors (Lipinski definition) is 1. The summed E-state index contributed by atoms with van der Waals surface area (Å²) >= 11 is 3.49. The Morgan fingerprint density at radius 3 is 2.96 bits per heavy atom. The van der Waals surface area contributed by atoms with Crippen LogP contribution in [0.25, 0.3) is 0 Å². The topological polar surface area (TPSA) is 76.3 Å². The molecule has 1 aliphatic heterocycles. The highest BCUT2D eigenvalue weighted by molar-refractivity contribution is 9.10. The number of hydrogen-bond acceptors (Lipinski definition) is 6. The number of carbonyl (C=O) groups excluding carboxylic acids is 1. The Morgan fingerprint density at radius 2 is 2.19 bits per heavy atom. The van der Waals surface area contributed by atoms with Crippen LogP contribution in [0, 0.1) is 0 Å². The molecule has 1 aromatic heterocycles. The Balaban J connectivity index is 1.55. The molecular weight excluding hydrogens is 402 g/mol. The monoisotopic (exact) mass is 421 g/mol. The van der Waals surface area contributed by atoms with Crippen molar-refractivity contribution in [3.63, 3.8) is 0 Å². The van der Waals surface area contributed by atoms with Gasteiger partial charge in [-0.05, 0) is 33.6 Å². The summed E-state index contributed by atoms with van der Waals surface area (Å²) in [5.74, 6) is 1.81. The molecule has 7 nitrogen and oxygen atoms in total. The van der Waals surface area contributed by atoms with Gasteiger partial charge in [-0.15, -0.1) is 0 Å². The van der Waals surface area contributed by atoms with Crippen LogP contribution in [0.1, 0.15) is 11.3 Å². The molecule has 138 valence electrons. The van der Waals surface area contributed by atoms with Crippen LogP contribution in [0.15, 0.2) is 44.3 Å². The molecule has 0 radical (unpaired) electrons. The molecule has 0 aliphatic carbocycles. The second-order valence-electron chi connectivity index (χ2n) is 5.72. The highest BCUT2D eigenvalue weighted by atomic mass is 79.9. The smallest absolute Gasteiger partial charge is 0.244 e. The number of nitrogens with one attached hydrogen (secondary N) is 1. The van der Waals surface area contributed by atoms with Crippen molar-refractivity contribution in [2.45, 2.75) is 6.42 Å². The molecule has 2 aromatic rings. The van der Waals surface area contributed by atoms with Crippen LogP contribution in [-0.2, 0) is 16.0 Å². The zero-order valence-electron chi connectivity index (χ0n) is 14.4. The second kappa shape index (κ2) is 8.86. The van der Waals surface area contributed by atoms with E-state index in [0.717, 1.165) is 34.8 Å². The summed E-state index contributed by atoms with van der Waals surface area (Å²) < 4.78 is 17.1. The fraction of sp³-hybridized carbons (Fsp3) is 0.333. The van der Waals surface area contributed by atoms with E-state index >= 15 is 0 Å². The first-order chi connectivity index (χ1) is 12.7. The average Bonchev–Trinajstić information content (AvgIpc) is 3.03. The van der Waals surface area contributed by atoms with Gasteiger partial charge in [-0.3, -0.25) is 4.79 Å². The molecule has 0 saturated carbocycles. The van der Waals surface area contributed by atoms with Crippen molar-refractivity contribution in [1.29, 1.82) is 0 Å². The van der Waals surface area contributed by atoms with Crippen LogP contribution in [0.2, 0.25) is 0 Å².